The SMILES string of the molecule is O=S1(=O)C(F)CC(F)(CF)C1F. The molecule has 0 aromatic heterocycles. The minimum Gasteiger partial charge on any atom is -0.247 e. The first-order valence-corrected chi connectivity index (χ1v) is 4.71. The molecule has 1 fully saturated rings. The molecule has 1 rings (SSSR count). The van der Waals surface area contributed by atoms with Crippen LogP contribution in [0.4, 0.5) is 17.6 Å². The Balaban J connectivity index is 3.07. The fraction of sp³-hybridized carbons (Fsp3) is 1.00. The summed E-state index contributed by atoms with van der Waals surface area (Å²) in [6, 6.07) is 0. The van der Waals surface area contributed by atoms with Crippen molar-refractivity contribution in [2.45, 2.75) is 23.1 Å². The molecule has 12 heavy (non-hydrogen) atoms. The Hall–Kier alpha value is -0.330. The molecule has 0 saturated carbocycles. The first-order valence-electron chi connectivity index (χ1n) is 3.10. The van der Waals surface area contributed by atoms with E-state index in [-0.39, 0.29) is 0 Å². The van der Waals surface area contributed by atoms with Crippen molar-refractivity contribution in [3.8, 4) is 0 Å². The third-order valence-corrected chi connectivity index (χ3v) is 3.65. The van der Waals surface area contributed by atoms with E-state index in [0.29, 0.717) is 0 Å². The van der Waals surface area contributed by atoms with E-state index in [9.17, 15) is 26.0 Å². The van der Waals surface area contributed by atoms with E-state index in [1.165, 1.54) is 0 Å². The maximum Gasteiger partial charge on any atom is 0.240 e. The Kier molecular flexibility index (Phi) is 2.10. The van der Waals surface area contributed by atoms with Crippen molar-refractivity contribution < 1.29 is 26.0 Å². The van der Waals surface area contributed by atoms with Gasteiger partial charge in [-0.25, -0.2) is 26.0 Å². The first kappa shape index (κ1) is 9.76. The minimum absolute atomic E-state index is 1.26. The quantitative estimate of drug-likeness (QED) is 0.601. The van der Waals surface area contributed by atoms with Gasteiger partial charge in [0.05, 0.1) is 0 Å². The summed E-state index contributed by atoms with van der Waals surface area (Å²) in [7, 11) is -4.77. The van der Waals surface area contributed by atoms with Crippen LogP contribution in [0.5, 0.6) is 0 Å². The molecule has 0 radical (unpaired) electrons. The molecule has 3 atom stereocenters. The predicted octanol–water partition coefficient (Wildman–Crippen LogP) is 1.07. The summed E-state index contributed by atoms with van der Waals surface area (Å²) in [5.41, 5.74) is -8.91. The summed E-state index contributed by atoms with van der Waals surface area (Å²) in [6.45, 7) is -1.83. The van der Waals surface area contributed by atoms with Crippen molar-refractivity contribution in [1.29, 1.82) is 0 Å². The second-order valence-electron chi connectivity index (χ2n) is 2.69. The lowest BCUT2D eigenvalue weighted by molar-refractivity contribution is 0.0626. The molecule has 1 aliphatic heterocycles. The zero-order chi connectivity index (χ0) is 9.57. The summed E-state index contributed by atoms with van der Waals surface area (Å²) < 4.78 is 70.6. The smallest absolute Gasteiger partial charge is 0.240 e. The summed E-state index contributed by atoms with van der Waals surface area (Å²) >= 11 is 0. The van der Waals surface area contributed by atoms with E-state index in [2.05, 4.69) is 0 Å². The second-order valence-corrected chi connectivity index (χ2v) is 4.79. The number of sulfone groups is 1. The van der Waals surface area contributed by atoms with Gasteiger partial charge in [0, 0.05) is 6.42 Å². The van der Waals surface area contributed by atoms with Crippen LogP contribution < -0.4 is 0 Å². The fourth-order valence-electron chi connectivity index (χ4n) is 1.01. The van der Waals surface area contributed by atoms with E-state index >= 15 is 0 Å². The normalized spacial score (nSPS) is 46.3. The first-order chi connectivity index (χ1) is 5.34. The molecule has 2 nitrogen and oxygen atoms in total. The zero-order valence-electron chi connectivity index (χ0n) is 5.81. The standard InChI is InChI=1S/C5H6F4O2S/c6-2-5(9)1-3(7)12(10,11)4(5)8/h3-4H,1-2H2. The van der Waals surface area contributed by atoms with E-state index in [1.807, 2.05) is 0 Å². The van der Waals surface area contributed by atoms with Crippen LogP contribution in [-0.4, -0.2) is 31.8 Å². The van der Waals surface area contributed by atoms with Gasteiger partial charge >= 0.3 is 0 Å². The molecule has 0 aliphatic carbocycles. The molecule has 0 aromatic rings. The van der Waals surface area contributed by atoms with Gasteiger partial charge in [-0.15, -0.1) is 0 Å². The van der Waals surface area contributed by atoms with Crippen LogP contribution in [0.2, 0.25) is 0 Å². The lowest BCUT2D eigenvalue weighted by atomic mass is 10.1. The van der Waals surface area contributed by atoms with E-state index in [4.69, 9.17) is 0 Å². The molecule has 0 aromatic carbocycles. The number of alkyl halides is 4. The third-order valence-electron chi connectivity index (χ3n) is 1.77. The van der Waals surface area contributed by atoms with E-state index < -0.39 is 39.6 Å². The van der Waals surface area contributed by atoms with Gasteiger partial charge in [0.25, 0.3) is 0 Å². The molecule has 0 spiro atoms. The summed E-state index contributed by atoms with van der Waals surface area (Å²) in [5, 5.41) is 0. The molecule has 0 amide bonds. The monoisotopic (exact) mass is 206 g/mol. The molecule has 0 bridgehead atoms. The van der Waals surface area contributed by atoms with Crippen molar-refractivity contribution in [1.82, 2.24) is 0 Å². The fourth-order valence-corrected chi connectivity index (χ4v) is 2.53. The molecule has 1 heterocycles. The molecule has 3 unspecified atom stereocenters. The van der Waals surface area contributed by atoms with Crippen molar-refractivity contribution in [2.75, 3.05) is 6.67 Å². The van der Waals surface area contributed by atoms with Gasteiger partial charge in [0.1, 0.15) is 6.67 Å². The topological polar surface area (TPSA) is 34.1 Å². The number of halogens is 4. The number of hydrogen-bond donors (Lipinski definition) is 0. The largest absolute Gasteiger partial charge is 0.247 e. The molecule has 7 heteroatoms. The summed E-state index contributed by atoms with van der Waals surface area (Å²) in [6.07, 6.45) is -1.26. The highest BCUT2D eigenvalue weighted by Gasteiger charge is 2.60. The molecule has 0 N–H and O–H groups in total. The lowest BCUT2D eigenvalue weighted by Gasteiger charge is -2.14. The van der Waals surface area contributed by atoms with Gasteiger partial charge in [0.2, 0.25) is 20.8 Å². The maximum absolute atomic E-state index is 12.8. The van der Waals surface area contributed by atoms with Crippen molar-refractivity contribution in [2.24, 2.45) is 0 Å². The Morgan fingerprint density at radius 3 is 2.08 bits per heavy atom. The van der Waals surface area contributed by atoms with Gasteiger partial charge in [-0.1, -0.05) is 0 Å². The Morgan fingerprint density at radius 1 is 1.42 bits per heavy atom. The third kappa shape index (κ3) is 1.10. The van der Waals surface area contributed by atoms with Crippen LogP contribution in [0.25, 0.3) is 0 Å². The zero-order valence-corrected chi connectivity index (χ0v) is 6.62. The van der Waals surface area contributed by atoms with Gasteiger partial charge in [-0.3, -0.25) is 0 Å². The van der Waals surface area contributed by atoms with E-state index in [0.717, 1.165) is 0 Å². The Labute approximate surface area is 66.5 Å². The Morgan fingerprint density at radius 2 is 1.92 bits per heavy atom. The highest BCUT2D eigenvalue weighted by atomic mass is 32.2. The molecule has 72 valence electrons. The van der Waals surface area contributed by atoms with Crippen LogP contribution >= 0.6 is 0 Å². The average Bonchev–Trinajstić information content (AvgIpc) is 2.14. The van der Waals surface area contributed by atoms with Crippen molar-refractivity contribution in [3.63, 3.8) is 0 Å². The number of hydrogen-bond acceptors (Lipinski definition) is 2. The van der Waals surface area contributed by atoms with Crippen LogP contribution in [0.3, 0.4) is 0 Å². The van der Waals surface area contributed by atoms with Crippen molar-refractivity contribution >= 4 is 9.84 Å². The molecular formula is C5H6F4O2S. The Bertz CT molecular complexity index is 277. The lowest BCUT2D eigenvalue weighted by Crippen LogP contribution is -2.34. The molecule has 1 aliphatic rings. The second kappa shape index (κ2) is 2.58. The highest BCUT2D eigenvalue weighted by molar-refractivity contribution is 7.92. The summed E-state index contributed by atoms with van der Waals surface area (Å²) in [4.78, 5) is 0. The van der Waals surface area contributed by atoms with Crippen molar-refractivity contribution in [3.05, 3.63) is 0 Å². The van der Waals surface area contributed by atoms with E-state index in [1.54, 1.807) is 0 Å². The van der Waals surface area contributed by atoms with Gasteiger partial charge in [-0.2, -0.15) is 0 Å². The van der Waals surface area contributed by atoms with Crippen LogP contribution in [0.15, 0.2) is 0 Å². The summed E-state index contributed by atoms with van der Waals surface area (Å²) in [5.74, 6) is 0. The molecular weight excluding hydrogens is 200 g/mol. The average molecular weight is 206 g/mol. The van der Waals surface area contributed by atoms with Gasteiger partial charge in [-0.05, 0) is 0 Å². The van der Waals surface area contributed by atoms with Gasteiger partial charge in [0.15, 0.2) is 5.67 Å². The number of rotatable bonds is 1. The van der Waals surface area contributed by atoms with Crippen LogP contribution in [-0.2, 0) is 9.84 Å². The highest BCUT2D eigenvalue weighted by Crippen LogP contribution is 2.40. The molecule has 1 saturated heterocycles. The minimum atomic E-state index is -4.77. The van der Waals surface area contributed by atoms with Gasteiger partial charge < -0.3 is 0 Å². The predicted molar refractivity (Wildman–Crippen MR) is 33.1 cm³/mol. The maximum atomic E-state index is 12.8. The van der Waals surface area contributed by atoms with Crippen LogP contribution in [0, 0.1) is 0 Å². The van der Waals surface area contributed by atoms with Crippen LogP contribution in [0.1, 0.15) is 6.42 Å².